The molecule has 4 amide bonds. The van der Waals surface area contributed by atoms with Crippen molar-refractivity contribution < 1.29 is 43.3 Å². The van der Waals surface area contributed by atoms with Crippen LogP contribution in [0.1, 0.15) is 48.9 Å². The molecule has 0 saturated carbocycles. The fraction of sp³-hybridized carbons (Fsp3) is 0.478. The van der Waals surface area contributed by atoms with E-state index in [1.807, 2.05) is 0 Å². The molecule has 4 rings (SSSR count). The summed E-state index contributed by atoms with van der Waals surface area (Å²) in [6.07, 6.45) is 0.712. The Morgan fingerprint density at radius 1 is 1.17 bits per heavy atom. The van der Waals surface area contributed by atoms with Gasteiger partial charge in [0.1, 0.15) is 18.4 Å². The number of hydrazine groups is 1. The van der Waals surface area contributed by atoms with Crippen LogP contribution in [-0.4, -0.2) is 82.5 Å². The zero-order valence-electron chi connectivity index (χ0n) is 19.3. The van der Waals surface area contributed by atoms with Gasteiger partial charge in [0.05, 0.1) is 6.04 Å². The molecule has 0 radical (unpaired) electrons. The second kappa shape index (κ2) is 10.6. The summed E-state index contributed by atoms with van der Waals surface area (Å²) in [7, 11) is 0. The van der Waals surface area contributed by atoms with E-state index >= 15 is 0 Å². The average molecular weight is 502 g/mol. The summed E-state index contributed by atoms with van der Waals surface area (Å²) >= 11 is 0. The summed E-state index contributed by atoms with van der Waals surface area (Å²) < 4.78 is 10.5. The van der Waals surface area contributed by atoms with Crippen molar-refractivity contribution in [2.24, 2.45) is 0 Å². The normalized spacial score (nSPS) is 21.8. The summed E-state index contributed by atoms with van der Waals surface area (Å²) in [5.74, 6) is -2.43. The van der Waals surface area contributed by atoms with E-state index in [0.29, 0.717) is 24.2 Å². The summed E-state index contributed by atoms with van der Waals surface area (Å²) in [4.78, 5) is 74.4. The number of fused-ring (bicyclic) bond motifs is 2. The zero-order chi connectivity index (χ0) is 25.8. The predicted molar refractivity (Wildman–Crippen MR) is 119 cm³/mol. The van der Waals surface area contributed by atoms with Gasteiger partial charge in [-0.15, -0.1) is 0 Å². The molecule has 1 aromatic carbocycles. The fourth-order valence-corrected chi connectivity index (χ4v) is 4.42. The molecule has 0 aromatic heterocycles. The largest absolute Gasteiger partial charge is 0.481 e. The Hall–Kier alpha value is -4.16. The predicted octanol–water partition coefficient (Wildman–Crippen LogP) is -0.409. The minimum Gasteiger partial charge on any atom is -0.481 e. The van der Waals surface area contributed by atoms with Crippen molar-refractivity contribution in [3.05, 3.63) is 23.8 Å². The summed E-state index contributed by atoms with van der Waals surface area (Å²) in [6.45, 7) is 0.270. The maximum atomic E-state index is 13.5. The van der Waals surface area contributed by atoms with Crippen molar-refractivity contribution in [1.29, 1.82) is 0 Å². The number of carboxylic acids is 1. The number of benzene rings is 1. The number of rotatable bonds is 8. The van der Waals surface area contributed by atoms with Gasteiger partial charge in [-0.05, 0) is 43.9 Å². The standard InChI is InChI=1S/C23H26N4O9/c28-11-14(4-8-20(30)31)24-22(33)16-2-1-9-26-19(29)7-5-15(23(34)27(16)26)25-21(32)13-3-6-17-18(10-13)36-12-35-17/h3,6,10-11,14-16H,1-2,4-5,7-9,12H2,(H,24,33)(H,25,32)(H,30,31)/t14-,15-,16-/m0/s1. The van der Waals surface area contributed by atoms with Crippen molar-refractivity contribution in [1.82, 2.24) is 20.7 Å². The molecule has 2 saturated heterocycles. The Kier molecular flexibility index (Phi) is 7.36. The molecule has 3 aliphatic heterocycles. The Morgan fingerprint density at radius 2 is 1.94 bits per heavy atom. The lowest BCUT2D eigenvalue weighted by Crippen LogP contribution is -2.64. The second-order valence-electron chi connectivity index (χ2n) is 8.67. The van der Waals surface area contributed by atoms with Crippen LogP contribution in [0.4, 0.5) is 0 Å². The highest BCUT2D eigenvalue weighted by Gasteiger charge is 2.45. The third kappa shape index (κ3) is 5.24. The first-order valence-corrected chi connectivity index (χ1v) is 11.6. The van der Waals surface area contributed by atoms with Gasteiger partial charge in [-0.3, -0.25) is 29.0 Å². The number of hydrogen-bond acceptors (Lipinski definition) is 8. The number of carbonyl (C=O) groups excluding carboxylic acids is 5. The third-order valence-electron chi connectivity index (χ3n) is 6.27. The van der Waals surface area contributed by atoms with Gasteiger partial charge in [0.15, 0.2) is 11.5 Å². The average Bonchev–Trinajstić information content (AvgIpc) is 3.31. The van der Waals surface area contributed by atoms with Gasteiger partial charge < -0.3 is 30.0 Å². The van der Waals surface area contributed by atoms with E-state index in [1.165, 1.54) is 17.1 Å². The summed E-state index contributed by atoms with van der Waals surface area (Å²) in [6, 6.07) is 1.38. The number of ether oxygens (including phenoxy) is 2. The lowest BCUT2D eigenvalue weighted by atomic mass is 10.0. The molecule has 13 heteroatoms. The Bertz CT molecular complexity index is 1090. The number of nitrogens with one attached hydrogen (secondary N) is 2. The molecule has 0 bridgehead atoms. The van der Waals surface area contributed by atoms with Crippen LogP contribution >= 0.6 is 0 Å². The Morgan fingerprint density at radius 3 is 2.69 bits per heavy atom. The molecule has 36 heavy (non-hydrogen) atoms. The maximum absolute atomic E-state index is 13.5. The van der Waals surface area contributed by atoms with Gasteiger partial charge in [-0.2, -0.15) is 0 Å². The highest BCUT2D eigenvalue weighted by Crippen LogP contribution is 2.32. The van der Waals surface area contributed by atoms with Crippen molar-refractivity contribution >= 4 is 35.9 Å². The van der Waals surface area contributed by atoms with E-state index in [1.54, 1.807) is 6.07 Å². The molecule has 2 fully saturated rings. The zero-order valence-corrected chi connectivity index (χ0v) is 19.3. The van der Waals surface area contributed by atoms with Crippen LogP contribution in [0.2, 0.25) is 0 Å². The van der Waals surface area contributed by atoms with Crippen LogP contribution in [0.5, 0.6) is 11.5 Å². The van der Waals surface area contributed by atoms with Crippen molar-refractivity contribution in [2.75, 3.05) is 13.3 Å². The van der Waals surface area contributed by atoms with Crippen LogP contribution in [0.3, 0.4) is 0 Å². The number of amides is 4. The molecule has 3 N–H and O–H groups in total. The van der Waals surface area contributed by atoms with Crippen molar-refractivity contribution in [3.63, 3.8) is 0 Å². The molecular formula is C23H26N4O9. The van der Waals surface area contributed by atoms with Gasteiger partial charge >= 0.3 is 5.97 Å². The van der Waals surface area contributed by atoms with Crippen LogP contribution in [-0.2, 0) is 24.0 Å². The molecule has 0 spiro atoms. The van der Waals surface area contributed by atoms with Crippen LogP contribution in [0.25, 0.3) is 0 Å². The molecule has 0 unspecified atom stereocenters. The molecule has 13 nitrogen and oxygen atoms in total. The second-order valence-corrected chi connectivity index (χ2v) is 8.67. The van der Waals surface area contributed by atoms with E-state index in [2.05, 4.69) is 10.6 Å². The topological polar surface area (TPSA) is 172 Å². The first-order valence-electron chi connectivity index (χ1n) is 11.6. The molecule has 0 aliphatic carbocycles. The van der Waals surface area contributed by atoms with Gasteiger partial charge in [0, 0.05) is 24.9 Å². The SMILES string of the molecule is O=C[C@H](CCC(=O)O)NC(=O)[C@@H]1CCCN2C(=O)CC[C@H](NC(=O)c3ccc4c(c3)OCO4)C(=O)N12. The number of carboxylic acid groups (broad SMARTS) is 1. The first-order chi connectivity index (χ1) is 17.3. The number of hydrogen-bond donors (Lipinski definition) is 3. The Balaban J connectivity index is 1.50. The molecular weight excluding hydrogens is 476 g/mol. The van der Waals surface area contributed by atoms with Crippen molar-refractivity contribution in [3.8, 4) is 11.5 Å². The van der Waals surface area contributed by atoms with Crippen molar-refractivity contribution in [2.45, 2.75) is 56.7 Å². The monoisotopic (exact) mass is 502 g/mol. The molecule has 3 atom stereocenters. The number of carbonyl (C=O) groups is 6. The lowest BCUT2D eigenvalue weighted by Gasteiger charge is -2.43. The fourth-order valence-electron chi connectivity index (χ4n) is 4.42. The minimum atomic E-state index is -1.12. The smallest absolute Gasteiger partial charge is 0.303 e. The van der Waals surface area contributed by atoms with Crippen LogP contribution in [0, 0.1) is 0 Å². The third-order valence-corrected chi connectivity index (χ3v) is 6.27. The summed E-state index contributed by atoms with van der Waals surface area (Å²) in [5.41, 5.74) is 0.236. The van der Waals surface area contributed by atoms with E-state index < -0.39 is 41.8 Å². The first kappa shape index (κ1) is 24.9. The molecule has 3 aliphatic rings. The van der Waals surface area contributed by atoms with Crippen LogP contribution < -0.4 is 20.1 Å². The van der Waals surface area contributed by atoms with Gasteiger partial charge in [-0.1, -0.05) is 0 Å². The van der Waals surface area contributed by atoms with E-state index in [4.69, 9.17) is 14.6 Å². The number of nitrogens with zero attached hydrogens (tertiary/aromatic N) is 2. The van der Waals surface area contributed by atoms with E-state index in [9.17, 15) is 28.8 Å². The van der Waals surface area contributed by atoms with Gasteiger partial charge in [0.25, 0.3) is 11.8 Å². The quantitative estimate of drug-likeness (QED) is 0.400. The van der Waals surface area contributed by atoms with Gasteiger partial charge in [0.2, 0.25) is 18.6 Å². The molecule has 192 valence electrons. The number of aldehydes is 1. The minimum absolute atomic E-state index is 0.0156. The van der Waals surface area contributed by atoms with Crippen LogP contribution in [0.15, 0.2) is 18.2 Å². The summed E-state index contributed by atoms with van der Waals surface area (Å²) in [5, 5.41) is 16.3. The molecule has 1 aromatic rings. The van der Waals surface area contributed by atoms with E-state index in [-0.39, 0.29) is 56.9 Å². The Labute approximate surface area is 205 Å². The van der Waals surface area contributed by atoms with E-state index in [0.717, 1.165) is 5.01 Å². The van der Waals surface area contributed by atoms with Gasteiger partial charge in [-0.25, -0.2) is 5.01 Å². The molecule has 3 heterocycles. The maximum Gasteiger partial charge on any atom is 0.303 e. The highest BCUT2D eigenvalue weighted by molar-refractivity contribution is 6.00. The lowest BCUT2D eigenvalue weighted by molar-refractivity contribution is -0.176. The number of aliphatic carboxylic acids is 1. The highest BCUT2D eigenvalue weighted by atomic mass is 16.7.